The largest absolute Gasteiger partial charge is 0.277 e. The molecule has 0 aliphatic rings. The van der Waals surface area contributed by atoms with Crippen LogP contribution in [0.1, 0.15) is 0 Å². The molecule has 4 aromatic rings. The first-order valence-corrected chi connectivity index (χ1v) is 6.56. The summed E-state index contributed by atoms with van der Waals surface area (Å²) in [5.74, 6) is 0.653. The lowest BCUT2D eigenvalue weighted by Crippen LogP contribution is -1.81. The van der Waals surface area contributed by atoms with E-state index in [2.05, 4.69) is 36.9 Å². The van der Waals surface area contributed by atoms with Gasteiger partial charge in [-0.05, 0) is 40.1 Å². The summed E-state index contributed by atoms with van der Waals surface area (Å²) >= 11 is 1.67. The van der Waals surface area contributed by atoms with Crippen LogP contribution < -0.4 is 0 Å². The second-order valence-corrected chi connectivity index (χ2v) is 5.01. The number of H-pyrrole nitrogens is 2. The van der Waals surface area contributed by atoms with Gasteiger partial charge in [-0.2, -0.15) is 5.10 Å². The highest BCUT2D eigenvalue weighted by Crippen LogP contribution is 2.31. The highest BCUT2D eigenvalue weighted by molar-refractivity contribution is 7.13. The minimum absolute atomic E-state index is 0.653. The summed E-state index contributed by atoms with van der Waals surface area (Å²) in [4.78, 5) is 1.14. The molecule has 0 bridgehead atoms. The maximum Gasteiger partial charge on any atom is 0.179 e. The van der Waals surface area contributed by atoms with Crippen LogP contribution in [0.3, 0.4) is 0 Å². The summed E-state index contributed by atoms with van der Waals surface area (Å²) in [6.07, 6.45) is 0. The number of aromatic nitrogens is 6. The Morgan fingerprint density at radius 3 is 2.89 bits per heavy atom. The van der Waals surface area contributed by atoms with Gasteiger partial charge in [-0.15, -0.1) is 16.4 Å². The van der Waals surface area contributed by atoms with Crippen molar-refractivity contribution in [1.82, 2.24) is 30.8 Å². The maximum atomic E-state index is 4.38. The van der Waals surface area contributed by atoms with E-state index in [1.165, 1.54) is 0 Å². The third kappa shape index (κ3) is 1.63. The molecular formula is C12H8N6S. The molecule has 0 amide bonds. The van der Waals surface area contributed by atoms with Gasteiger partial charge in [0.15, 0.2) is 5.82 Å². The second-order valence-electron chi connectivity index (χ2n) is 4.06. The fraction of sp³-hybridized carbons (Fsp3) is 0. The standard InChI is InChI=1S/C12H8N6S/c1-2-10(19-5-1)11-8-6-7(12-15-17-18-16-12)3-4-9(8)13-14-11/h1-6H,(H,13,14)(H,15,16,17,18). The van der Waals surface area contributed by atoms with E-state index in [9.17, 15) is 0 Å². The van der Waals surface area contributed by atoms with Gasteiger partial charge in [-0.1, -0.05) is 6.07 Å². The molecule has 1 aromatic carbocycles. The third-order valence-electron chi connectivity index (χ3n) is 2.94. The predicted octanol–water partition coefficient (Wildman–Crippen LogP) is 2.47. The quantitative estimate of drug-likeness (QED) is 0.585. The van der Waals surface area contributed by atoms with E-state index in [1.807, 2.05) is 29.6 Å². The zero-order valence-corrected chi connectivity index (χ0v) is 10.5. The van der Waals surface area contributed by atoms with Crippen LogP contribution in [0.25, 0.3) is 32.9 Å². The molecule has 0 saturated carbocycles. The summed E-state index contributed by atoms with van der Waals surface area (Å²) in [6.45, 7) is 0. The average Bonchev–Trinajstić information content (AvgIpc) is 3.18. The lowest BCUT2D eigenvalue weighted by atomic mass is 10.1. The SMILES string of the molecule is c1csc(-c2n[nH]c3ccc(-c4nnn[nH]4)cc23)c1. The minimum Gasteiger partial charge on any atom is -0.277 e. The number of hydrogen-bond acceptors (Lipinski definition) is 5. The monoisotopic (exact) mass is 268 g/mol. The number of hydrogen-bond donors (Lipinski definition) is 2. The number of thiophene rings is 1. The van der Waals surface area contributed by atoms with Gasteiger partial charge in [0, 0.05) is 10.9 Å². The highest BCUT2D eigenvalue weighted by Gasteiger charge is 2.11. The van der Waals surface area contributed by atoms with Crippen LogP contribution in [-0.2, 0) is 0 Å². The average molecular weight is 268 g/mol. The molecule has 7 heteroatoms. The van der Waals surface area contributed by atoms with Gasteiger partial charge in [0.25, 0.3) is 0 Å². The number of nitrogens with zero attached hydrogens (tertiary/aromatic N) is 4. The minimum atomic E-state index is 0.653. The number of fused-ring (bicyclic) bond motifs is 1. The van der Waals surface area contributed by atoms with Crippen molar-refractivity contribution in [1.29, 1.82) is 0 Å². The number of rotatable bonds is 2. The number of aromatic amines is 2. The van der Waals surface area contributed by atoms with Crippen LogP contribution in [0.4, 0.5) is 0 Å². The molecule has 92 valence electrons. The van der Waals surface area contributed by atoms with E-state index in [0.717, 1.165) is 27.0 Å². The van der Waals surface area contributed by atoms with Crippen molar-refractivity contribution in [2.24, 2.45) is 0 Å². The van der Waals surface area contributed by atoms with E-state index >= 15 is 0 Å². The fourth-order valence-electron chi connectivity index (χ4n) is 2.04. The molecule has 6 nitrogen and oxygen atoms in total. The predicted molar refractivity (Wildman–Crippen MR) is 72.6 cm³/mol. The van der Waals surface area contributed by atoms with E-state index in [4.69, 9.17) is 0 Å². The summed E-state index contributed by atoms with van der Waals surface area (Å²) in [5, 5.41) is 24.4. The lowest BCUT2D eigenvalue weighted by molar-refractivity contribution is 0.881. The summed E-state index contributed by atoms with van der Waals surface area (Å²) in [5.41, 5.74) is 2.90. The van der Waals surface area contributed by atoms with Crippen molar-refractivity contribution in [2.75, 3.05) is 0 Å². The molecular weight excluding hydrogens is 260 g/mol. The van der Waals surface area contributed by atoms with Crippen LogP contribution >= 0.6 is 11.3 Å². The summed E-state index contributed by atoms with van der Waals surface area (Å²) in [6, 6.07) is 10.1. The van der Waals surface area contributed by atoms with Crippen LogP contribution in [0, 0.1) is 0 Å². The Kier molecular flexibility index (Phi) is 2.18. The van der Waals surface area contributed by atoms with Gasteiger partial charge in [0.2, 0.25) is 0 Å². The Morgan fingerprint density at radius 2 is 2.11 bits per heavy atom. The Balaban J connectivity index is 1.95. The molecule has 3 aromatic heterocycles. The van der Waals surface area contributed by atoms with Crippen LogP contribution in [-0.4, -0.2) is 30.8 Å². The van der Waals surface area contributed by atoms with Crippen molar-refractivity contribution in [3.8, 4) is 22.0 Å². The normalized spacial score (nSPS) is 11.2. The Bertz CT molecular complexity index is 815. The van der Waals surface area contributed by atoms with Crippen molar-refractivity contribution in [2.45, 2.75) is 0 Å². The molecule has 2 N–H and O–H groups in total. The summed E-state index contributed by atoms with van der Waals surface area (Å²) < 4.78 is 0. The van der Waals surface area contributed by atoms with Crippen molar-refractivity contribution in [3.63, 3.8) is 0 Å². The van der Waals surface area contributed by atoms with Gasteiger partial charge in [-0.3, -0.25) is 5.10 Å². The van der Waals surface area contributed by atoms with Crippen LogP contribution in [0.5, 0.6) is 0 Å². The maximum absolute atomic E-state index is 4.38. The zero-order valence-electron chi connectivity index (χ0n) is 9.66. The molecule has 0 aliphatic heterocycles. The van der Waals surface area contributed by atoms with Crippen molar-refractivity contribution < 1.29 is 0 Å². The lowest BCUT2D eigenvalue weighted by Gasteiger charge is -1.97. The number of tetrazole rings is 1. The molecule has 0 radical (unpaired) electrons. The van der Waals surface area contributed by atoms with Crippen molar-refractivity contribution >= 4 is 22.2 Å². The Labute approximate surface area is 111 Å². The van der Waals surface area contributed by atoms with Gasteiger partial charge >= 0.3 is 0 Å². The molecule has 0 aliphatic carbocycles. The van der Waals surface area contributed by atoms with Gasteiger partial charge in [-0.25, -0.2) is 5.10 Å². The van der Waals surface area contributed by atoms with Gasteiger partial charge < -0.3 is 0 Å². The molecule has 4 rings (SSSR count). The third-order valence-corrected chi connectivity index (χ3v) is 3.81. The molecule has 0 fully saturated rings. The molecule has 0 atom stereocenters. The second kappa shape index (κ2) is 3.99. The highest BCUT2D eigenvalue weighted by atomic mass is 32.1. The Hall–Kier alpha value is -2.54. The first-order valence-electron chi connectivity index (χ1n) is 5.68. The van der Waals surface area contributed by atoms with E-state index < -0.39 is 0 Å². The van der Waals surface area contributed by atoms with Crippen molar-refractivity contribution in [3.05, 3.63) is 35.7 Å². The molecule has 3 heterocycles. The fourth-order valence-corrected chi connectivity index (χ4v) is 2.77. The molecule has 19 heavy (non-hydrogen) atoms. The molecule has 0 unspecified atom stereocenters. The van der Waals surface area contributed by atoms with E-state index in [0.29, 0.717) is 5.82 Å². The van der Waals surface area contributed by atoms with E-state index in [-0.39, 0.29) is 0 Å². The van der Waals surface area contributed by atoms with Crippen LogP contribution in [0.2, 0.25) is 0 Å². The number of benzene rings is 1. The van der Waals surface area contributed by atoms with E-state index in [1.54, 1.807) is 11.3 Å². The topological polar surface area (TPSA) is 83.1 Å². The first-order chi connectivity index (χ1) is 9.42. The molecule has 0 saturated heterocycles. The van der Waals surface area contributed by atoms with Gasteiger partial charge in [0.05, 0.1) is 10.4 Å². The van der Waals surface area contributed by atoms with Gasteiger partial charge in [0.1, 0.15) is 5.69 Å². The summed E-state index contributed by atoms with van der Waals surface area (Å²) in [7, 11) is 0. The molecule has 0 spiro atoms. The Morgan fingerprint density at radius 1 is 1.11 bits per heavy atom. The van der Waals surface area contributed by atoms with Crippen LogP contribution in [0.15, 0.2) is 35.7 Å². The first kappa shape index (κ1) is 10.4. The zero-order chi connectivity index (χ0) is 12.7. The number of nitrogens with one attached hydrogen (secondary N) is 2. The smallest absolute Gasteiger partial charge is 0.179 e.